The summed E-state index contributed by atoms with van der Waals surface area (Å²) in [5, 5.41) is 2.90. The largest absolute Gasteiger partial charge is 0.417 e. The molecule has 1 aromatic rings. The van der Waals surface area contributed by atoms with Gasteiger partial charge in [0.05, 0.1) is 23.4 Å². The summed E-state index contributed by atoms with van der Waals surface area (Å²) in [4.78, 5) is 31.3. The van der Waals surface area contributed by atoms with Gasteiger partial charge in [-0.2, -0.15) is 13.2 Å². The van der Waals surface area contributed by atoms with Crippen molar-refractivity contribution < 1.29 is 31.9 Å². The second kappa shape index (κ2) is 6.78. The van der Waals surface area contributed by atoms with Crippen LogP contribution in [0.2, 0.25) is 0 Å². The van der Waals surface area contributed by atoms with Gasteiger partial charge in [0.2, 0.25) is 5.91 Å². The molecule has 3 saturated heterocycles. The van der Waals surface area contributed by atoms with Gasteiger partial charge in [0.1, 0.15) is 12.4 Å². The number of hydrogen-bond acceptors (Lipinski definition) is 4. The number of nitrogens with one attached hydrogen (secondary N) is 1. The molecule has 0 atom stereocenters. The van der Waals surface area contributed by atoms with E-state index in [0.29, 0.717) is 51.5 Å². The van der Waals surface area contributed by atoms with Crippen molar-refractivity contribution in [1.29, 1.82) is 0 Å². The van der Waals surface area contributed by atoms with Crippen LogP contribution in [0.4, 0.5) is 22.4 Å². The Morgan fingerprint density at radius 3 is 2.52 bits per heavy atom. The zero-order valence-corrected chi connectivity index (χ0v) is 16.7. The van der Waals surface area contributed by atoms with E-state index in [4.69, 9.17) is 4.74 Å². The lowest BCUT2D eigenvalue weighted by atomic mass is 9.57. The minimum absolute atomic E-state index is 0.0213. The molecule has 31 heavy (non-hydrogen) atoms. The minimum Gasteiger partial charge on any atom is -0.369 e. The highest BCUT2D eigenvalue weighted by molar-refractivity contribution is 5.81. The van der Waals surface area contributed by atoms with Crippen molar-refractivity contribution in [2.24, 2.45) is 11.3 Å². The molecule has 3 aliphatic heterocycles. The predicted molar refractivity (Wildman–Crippen MR) is 98.3 cm³/mol. The average molecular weight is 442 g/mol. The summed E-state index contributed by atoms with van der Waals surface area (Å²) in [7, 11) is 0. The van der Waals surface area contributed by atoms with Crippen molar-refractivity contribution in [3.8, 4) is 0 Å². The number of rotatable bonds is 2. The number of aromatic nitrogens is 1. The summed E-state index contributed by atoms with van der Waals surface area (Å²) in [6.07, 6.45) is -2.04. The van der Waals surface area contributed by atoms with Crippen molar-refractivity contribution in [3.05, 3.63) is 29.3 Å². The molecule has 1 N–H and O–H groups in total. The van der Waals surface area contributed by atoms with Crippen molar-refractivity contribution in [3.63, 3.8) is 0 Å². The van der Waals surface area contributed by atoms with Gasteiger partial charge in [0, 0.05) is 37.8 Å². The number of urea groups is 1. The Labute approximate surface area is 175 Å². The Kier molecular flexibility index (Phi) is 4.48. The Morgan fingerprint density at radius 1 is 1.23 bits per heavy atom. The molecule has 1 saturated carbocycles. The number of nitrogens with zero attached hydrogens (tertiary/aromatic N) is 3. The first-order valence-corrected chi connectivity index (χ1v) is 10.2. The fourth-order valence-electron chi connectivity index (χ4n) is 5.41. The van der Waals surface area contributed by atoms with Gasteiger partial charge in [0.25, 0.3) is 0 Å². The van der Waals surface area contributed by atoms with Gasteiger partial charge >= 0.3 is 12.2 Å². The molecule has 1 aromatic heterocycles. The zero-order chi connectivity index (χ0) is 22.0. The number of pyridine rings is 1. The fourth-order valence-corrected chi connectivity index (χ4v) is 5.41. The van der Waals surface area contributed by atoms with E-state index in [-0.39, 0.29) is 35.6 Å². The van der Waals surface area contributed by atoms with Crippen molar-refractivity contribution >= 4 is 11.9 Å². The summed E-state index contributed by atoms with van der Waals surface area (Å²) in [6, 6.07) is 0.440. The van der Waals surface area contributed by atoms with Crippen LogP contribution in [0.25, 0.3) is 0 Å². The Bertz CT molecular complexity index is 917. The molecule has 3 amide bonds. The molecule has 168 valence electrons. The van der Waals surface area contributed by atoms with E-state index in [0.717, 1.165) is 12.8 Å². The maximum atomic E-state index is 14.0. The lowest BCUT2D eigenvalue weighted by molar-refractivity contribution is -0.142. The molecule has 11 heteroatoms. The molecule has 7 nitrogen and oxygen atoms in total. The molecule has 0 unspecified atom stereocenters. The number of carbonyl (C=O) groups is 2. The number of morpholine rings is 1. The first kappa shape index (κ1) is 20.5. The van der Waals surface area contributed by atoms with E-state index < -0.39 is 23.1 Å². The van der Waals surface area contributed by atoms with Gasteiger partial charge < -0.3 is 19.9 Å². The van der Waals surface area contributed by atoms with Crippen LogP contribution in [0.3, 0.4) is 0 Å². The van der Waals surface area contributed by atoms with Crippen LogP contribution in [0.15, 0.2) is 12.3 Å². The van der Waals surface area contributed by atoms with Gasteiger partial charge in [0.15, 0.2) is 0 Å². The molecule has 4 aliphatic rings. The van der Waals surface area contributed by atoms with E-state index in [1.54, 1.807) is 9.80 Å². The predicted octanol–water partition coefficient (Wildman–Crippen LogP) is 1.81. The Morgan fingerprint density at radius 2 is 1.90 bits per heavy atom. The van der Waals surface area contributed by atoms with Crippen LogP contribution in [-0.4, -0.2) is 71.7 Å². The number of ether oxygens (including phenoxy) is 1. The molecule has 4 heterocycles. The van der Waals surface area contributed by atoms with Gasteiger partial charge in [-0.05, 0) is 31.2 Å². The van der Waals surface area contributed by atoms with Gasteiger partial charge in [-0.15, -0.1) is 0 Å². The number of amides is 3. The Hall–Kier alpha value is -2.43. The lowest BCUT2D eigenvalue weighted by Gasteiger charge is -2.61. The standard InChI is InChI=1S/C20H22F4N4O3/c21-14-2-13(20(22,23)24)5-25-15(14)1-12-3-18(4-12)7-27(8-18)17(30)28-9-19(10-28)11-31-6-16(29)26-19/h2,5,12H,1,3-4,6-11H2,(H,26,29). The molecule has 1 aliphatic carbocycles. The van der Waals surface area contributed by atoms with E-state index in [1.165, 1.54) is 0 Å². The number of hydrogen-bond donors (Lipinski definition) is 1. The average Bonchev–Trinajstić information content (AvgIpc) is 2.60. The van der Waals surface area contributed by atoms with E-state index >= 15 is 0 Å². The smallest absolute Gasteiger partial charge is 0.369 e. The molecule has 4 fully saturated rings. The lowest BCUT2D eigenvalue weighted by Crippen LogP contribution is -2.78. The van der Waals surface area contributed by atoms with Gasteiger partial charge in [-0.25, -0.2) is 9.18 Å². The number of halogens is 4. The monoisotopic (exact) mass is 442 g/mol. The summed E-state index contributed by atoms with van der Waals surface area (Å²) in [5.41, 5.74) is -1.47. The second-order valence-corrected chi connectivity index (χ2v) is 9.44. The fraction of sp³-hybridized carbons (Fsp3) is 0.650. The van der Waals surface area contributed by atoms with Crippen LogP contribution in [-0.2, 0) is 22.1 Å². The van der Waals surface area contributed by atoms with E-state index in [2.05, 4.69) is 10.3 Å². The van der Waals surface area contributed by atoms with E-state index in [1.807, 2.05) is 0 Å². The Balaban J connectivity index is 1.08. The molecule has 0 bridgehead atoms. The molecule has 5 rings (SSSR count). The summed E-state index contributed by atoms with van der Waals surface area (Å²) in [5.74, 6) is -0.940. The van der Waals surface area contributed by atoms with Crippen molar-refractivity contribution in [2.75, 3.05) is 39.4 Å². The highest BCUT2D eigenvalue weighted by Crippen LogP contribution is 2.53. The summed E-state index contributed by atoms with van der Waals surface area (Å²) < 4.78 is 57.2. The number of likely N-dealkylation sites (tertiary alicyclic amines) is 2. The third-order valence-electron chi connectivity index (χ3n) is 6.77. The van der Waals surface area contributed by atoms with Crippen molar-refractivity contribution in [1.82, 2.24) is 20.1 Å². The quantitative estimate of drug-likeness (QED) is 0.710. The van der Waals surface area contributed by atoms with Crippen LogP contribution in [0, 0.1) is 17.2 Å². The maximum absolute atomic E-state index is 14.0. The summed E-state index contributed by atoms with van der Waals surface area (Å²) >= 11 is 0. The maximum Gasteiger partial charge on any atom is 0.417 e. The highest BCUT2D eigenvalue weighted by Gasteiger charge is 2.56. The molecular formula is C20H22F4N4O3. The third-order valence-corrected chi connectivity index (χ3v) is 6.77. The zero-order valence-electron chi connectivity index (χ0n) is 16.7. The van der Waals surface area contributed by atoms with Crippen molar-refractivity contribution in [2.45, 2.75) is 31.0 Å². The second-order valence-electron chi connectivity index (χ2n) is 9.44. The van der Waals surface area contributed by atoms with Gasteiger partial charge in [-0.1, -0.05) is 0 Å². The SMILES string of the molecule is O=C1COCC2(CN(C(=O)N3CC4(CC(Cc5ncc(C(F)(F)F)cc5F)C4)C3)C2)N1. The molecular weight excluding hydrogens is 420 g/mol. The first-order valence-electron chi connectivity index (χ1n) is 10.2. The van der Waals surface area contributed by atoms with E-state index in [9.17, 15) is 27.2 Å². The van der Waals surface area contributed by atoms with Crippen LogP contribution < -0.4 is 5.32 Å². The minimum atomic E-state index is -4.61. The number of carbonyl (C=O) groups excluding carboxylic acids is 2. The van der Waals surface area contributed by atoms with Crippen LogP contribution in [0.5, 0.6) is 0 Å². The van der Waals surface area contributed by atoms with Crippen LogP contribution >= 0.6 is 0 Å². The first-order chi connectivity index (χ1) is 14.6. The molecule has 2 spiro atoms. The van der Waals surface area contributed by atoms with Crippen LogP contribution in [0.1, 0.15) is 24.1 Å². The topological polar surface area (TPSA) is 74.8 Å². The highest BCUT2D eigenvalue weighted by atomic mass is 19.4. The third kappa shape index (κ3) is 3.62. The molecule has 0 aromatic carbocycles. The summed E-state index contributed by atoms with van der Waals surface area (Å²) in [6.45, 7) is 2.57. The normalized spacial score (nSPS) is 24.5. The molecule has 0 radical (unpaired) electrons. The number of alkyl halides is 3. The van der Waals surface area contributed by atoms with Gasteiger partial charge in [-0.3, -0.25) is 9.78 Å².